The van der Waals surface area contributed by atoms with E-state index in [0.717, 1.165) is 15.9 Å². The summed E-state index contributed by atoms with van der Waals surface area (Å²) in [6.07, 6.45) is 3.39. The van der Waals surface area contributed by atoms with Crippen molar-refractivity contribution < 1.29 is 18.7 Å². The minimum absolute atomic E-state index is 0.0329. The topological polar surface area (TPSA) is 134 Å². The van der Waals surface area contributed by atoms with Gasteiger partial charge in [-0.3, -0.25) is 9.59 Å². The molecule has 2 atom stereocenters. The number of thiazole rings is 1. The quantitative estimate of drug-likeness (QED) is 0.265. The number of halogens is 1. The molecule has 1 saturated heterocycles. The van der Waals surface area contributed by atoms with E-state index in [1.54, 1.807) is 18.6 Å². The SMILES string of the molecule is CNC(=O)[C@H]1CC[C@H](NC(=O)c2cnc(Nc3ccc4ncsc4c3)cc2N(N)[C@H]2CCOC[C@@H]2F)CC1. The predicted molar refractivity (Wildman–Crippen MR) is 145 cm³/mol. The van der Waals surface area contributed by atoms with E-state index in [0.29, 0.717) is 50.2 Å². The molecule has 5 rings (SSSR count). The van der Waals surface area contributed by atoms with E-state index in [1.807, 2.05) is 18.2 Å². The lowest BCUT2D eigenvalue weighted by Crippen LogP contribution is -2.52. The molecular weight excluding hydrogens is 509 g/mol. The van der Waals surface area contributed by atoms with Gasteiger partial charge in [0.2, 0.25) is 5.91 Å². The fraction of sp³-hybridized carbons (Fsp3) is 0.462. The van der Waals surface area contributed by atoms with Crippen molar-refractivity contribution in [2.24, 2.45) is 11.8 Å². The molecule has 202 valence electrons. The predicted octanol–water partition coefficient (Wildman–Crippen LogP) is 3.28. The van der Waals surface area contributed by atoms with Crippen LogP contribution in [0, 0.1) is 5.92 Å². The molecule has 1 aliphatic carbocycles. The number of amides is 2. The van der Waals surface area contributed by atoms with E-state index in [4.69, 9.17) is 10.6 Å². The third-order valence-corrected chi connectivity index (χ3v) is 8.09. The fourth-order valence-corrected chi connectivity index (χ4v) is 5.85. The first-order valence-electron chi connectivity index (χ1n) is 12.8. The molecule has 38 heavy (non-hydrogen) atoms. The van der Waals surface area contributed by atoms with E-state index < -0.39 is 12.2 Å². The van der Waals surface area contributed by atoms with Gasteiger partial charge in [-0.05, 0) is 50.3 Å². The number of carbonyl (C=O) groups is 2. The molecule has 0 radical (unpaired) electrons. The molecule has 0 unspecified atom stereocenters. The summed E-state index contributed by atoms with van der Waals surface area (Å²) in [5, 5.41) is 10.4. The van der Waals surface area contributed by atoms with Gasteiger partial charge in [0.15, 0.2) is 0 Å². The van der Waals surface area contributed by atoms with Crippen molar-refractivity contribution in [3.8, 4) is 0 Å². The molecule has 2 fully saturated rings. The van der Waals surface area contributed by atoms with Crippen LogP contribution in [0.1, 0.15) is 42.5 Å². The molecule has 10 nitrogen and oxygen atoms in total. The van der Waals surface area contributed by atoms with Crippen molar-refractivity contribution in [1.29, 1.82) is 0 Å². The number of pyridine rings is 1. The lowest BCUT2D eigenvalue weighted by Gasteiger charge is -2.35. The second-order valence-electron chi connectivity index (χ2n) is 9.74. The maximum absolute atomic E-state index is 14.8. The summed E-state index contributed by atoms with van der Waals surface area (Å²) >= 11 is 1.54. The first-order valence-corrected chi connectivity index (χ1v) is 13.7. The van der Waals surface area contributed by atoms with E-state index in [2.05, 4.69) is 25.9 Å². The van der Waals surface area contributed by atoms with Crippen LogP contribution in [0.15, 0.2) is 36.0 Å². The number of anilines is 3. The van der Waals surface area contributed by atoms with Gasteiger partial charge in [-0.15, -0.1) is 11.3 Å². The molecule has 1 saturated carbocycles. The lowest BCUT2D eigenvalue weighted by molar-refractivity contribution is -0.125. The number of rotatable bonds is 7. The number of hydrogen-bond acceptors (Lipinski definition) is 9. The van der Waals surface area contributed by atoms with E-state index in [1.165, 1.54) is 22.5 Å². The van der Waals surface area contributed by atoms with Crippen LogP contribution in [0.2, 0.25) is 0 Å². The second kappa shape index (κ2) is 11.6. The minimum atomic E-state index is -1.29. The number of benzene rings is 1. The average Bonchev–Trinajstić information content (AvgIpc) is 3.41. The maximum Gasteiger partial charge on any atom is 0.255 e. The van der Waals surface area contributed by atoms with E-state index in [-0.39, 0.29) is 35.9 Å². The van der Waals surface area contributed by atoms with Gasteiger partial charge in [0.05, 0.1) is 39.6 Å². The summed E-state index contributed by atoms with van der Waals surface area (Å²) in [4.78, 5) is 34.1. The van der Waals surface area contributed by atoms with Crippen molar-refractivity contribution in [3.05, 3.63) is 41.5 Å². The van der Waals surface area contributed by atoms with Gasteiger partial charge in [-0.25, -0.2) is 20.2 Å². The zero-order valence-electron chi connectivity index (χ0n) is 21.2. The molecule has 5 N–H and O–H groups in total. The summed E-state index contributed by atoms with van der Waals surface area (Å²) < 4.78 is 21.0. The first kappa shape index (κ1) is 26.3. The normalized spacial score (nSPS) is 23.6. The van der Waals surface area contributed by atoms with Crippen molar-refractivity contribution in [1.82, 2.24) is 20.6 Å². The highest BCUT2D eigenvalue weighted by molar-refractivity contribution is 7.16. The molecule has 0 spiro atoms. The first-order chi connectivity index (χ1) is 18.4. The van der Waals surface area contributed by atoms with Crippen LogP contribution < -0.4 is 26.8 Å². The molecule has 2 aromatic heterocycles. The maximum atomic E-state index is 14.8. The number of nitrogens with zero attached hydrogens (tertiary/aromatic N) is 3. The van der Waals surface area contributed by atoms with Crippen molar-refractivity contribution >= 4 is 50.6 Å². The van der Waals surface area contributed by atoms with Gasteiger partial charge in [0, 0.05) is 43.6 Å². The number of fused-ring (bicyclic) bond motifs is 1. The Kier molecular flexibility index (Phi) is 8.01. The Bertz CT molecular complexity index is 1300. The zero-order valence-corrected chi connectivity index (χ0v) is 22.0. The summed E-state index contributed by atoms with van der Waals surface area (Å²) in [5.41, 5.74) is 4.16. The van der Waals surface area contributed by atoms with E-state index in [9.17, 15) is 14.0 Å². The molecule has 3 heterocycles. The van der Waals surface area contributed by atoms with Crippen LogP contribution in [0.25, 0.3) is 10.2 Å². The highest BCUT2D eigenvalue weighted by Gasteiger charge is 2.33. The number of hydrogen-bond donors (Lipinski definition) is 4. The number of carbonyl (C=O) groups excluding carboxylic acids is 2. The smallest absolute Gasteiger partial charge is 0.255 e. The van der Waals surface area contributed by atoms with Crippen LogP contribution in [-0.2, 0) is 9.53 Å². The number of aromatic nitrogens is 2. The highest BCUT2D eigenvalue weighted by atomic mass is 32.1. The standard InChI is InChI=1S/C26H32FN7O3S/c1-29-25(35)15-2-4-16(5-3-15)33-26(36)18-12-30-24(32-17-6-7-20-23(10-17)38-14-31-20)11-22(18)34(28)21-8-9-37-13-19(21)27/h6-7,10-12,14-16,19,21H,2-5,8-9,13,28H2,1H3,(H,29,35)(H,30,32)(H,33,36)/t15-,16-,19-,21-/m0/s1. The molecule has 1 aliphatic heterocycles. The Morgan fingerprint density at radius 2 is 1.97 bits per heavy atom. The van der Waals surface area contributed by atoms with Gasteiger partial charge in [0.25, 0.3) is 5.91 Å². The molecule has 3 aromatic rings. The van der Waals surface area contributed by atoms with E-state index >= 15 is 0 Å². The Hall–Kier alpha value is -3.35. The van der Waals surface area contributed by atoms with Crippen LogP contribution in [0.3, 0.4) is 0 Å². The van der Waals surface area contributed by atoms with Crippen LogP contribution in [-0.4, -0.2) is 60.3 Å². The minimum Gasteiger partial charge on any atom is -0.378 e. The Labute approximate surface area is 224 Å². The fourth-order valence-electron chi connectivity index (χ4n) is 5.13. The third-order valence-electron chi connectivity index (χ3n) is 7.30. The van der Waals surface area contributed by atoms with Gasteiger partial charge >= 0.3 is 0 Å². The average molecular weight is 542 g/mol. The zero-order chi connectivity index (χ0) is 26.6. The summed E-state index contributed by atoms with van der Waals surface area (Å²) in [6, 6.07) is 6.76. The molecule has 2 amide bonds. The molecule has 12 heteroatoms. The molecule has 1 aromatic carbocycles. The number of hydrazine groups is 1. The molecule has 2 aliphatic rings. The summed E-state index contributed by atoms with van der Waals surface area (Å²) in [5.74, 6) is 6.63. The largest absolute Gasteiger partial charge is 0.378 e. The van der Waals surface area contributed by atoms with Crippen LogP contribution >= 0.6 is 11.3 Å². The van der Waals surface area contributed by atoms with Crippen molar-refractivity contribution in [2.45, 2.75) is 50.4 Å². The van der Waals surface area contributed by atoms with Crippen molar-refractivity contribution in [3.63, 3.8) is 0 Å². The summed E-state index contributed by atoms with van der Waals surface area (Å²) in [6.45, 7) is 0.347. The Balaban J connectivity index is 1.37. The van der Waals surface area contributed by atoms with Crippen molar-refractivity contribution in [2.75, 3.05) is 30.6 Å². The summed E-state index contributed by atoms with van der Waals surface area (Å²) in [7, 11) is 1.64. The molecular formula is C26H32FN7O3S. The number of nitrogens with one attached hydrogen (secondary N) is 3. The van der Waals surface area contributed by atoms with Gasteiger partial charge in [-0.1, -0.05) is 0 Å². The number of ether oxygens (including phenoxy) is 1. The second-order valence-corrected chi connectivity index (χ2v) is 10.6. The van der Waals surface area contributed by atoms with Gasteiger partial charge < -0.3 is 25.7 Å². The van der Waals surface area contributed by atoms with Crippen LogP contribution in [0.5, 0.6) is 0 Å². The highest BCUT2D eigenvalue weighted by Crippen LogP contribution is 2.30. The monoisotopic (exact) mass is 541 g/mol. The third kappa shape index (κ3) is 5.71. The Morgan fingerprint density at radius 1 is 1.16 bits per heavy atom. The number of alkyl halides is 1. The number of nitrogens with two attached hydrogens (primary N) is 1. The lowest BCUT2D eigenvalue weighted by atomic mass is 9.85. The molecule has 0 bridgehead atoms. The van der Waals surface area contributed by atoms with Crippen LogP contribution in [0.4, 0.5) is 21.6 Å². The van der Waals surface area contributed by atoms with Gasteiger partial charge in [-0.2, -0.15) is 0 Å². The van der Waals surface area contributed by atoms with Gasteiger partial charge in [0.1, 0.15) is 12.0 Å². The Morgan fingerprint density at radius 3 is 2.74 bits per heavy atom.